The van der Waals surface area contributed by atoms with Crippen LogP contribution < -0.4 is 0 Å². The third-order valence-corrected chi connectivity index (χ3v) is 5.37. The molecule has 2 aromatic carbocycles. The number of ketones is 1. The summed E-state index contributed by atoms with van der Waals surface area (Å²) in [6.45, 7) is 0. The van der Waals surface area contributed by atoms with Gasteiger partial charge in [-0.2, -0.15) is 0 Å². The lowest BCUT2D eigenvalue weighted by atomic mass is 9.86. The molecule has 2 aromatic rings. The van der Waals surface area contributed by atoms with Crippen molar-refractivity contribution < 1.29 is 14.7 Å². The first-order valence-corrected chi connectivity index (χ1v) is 10.7. The van der Waals surface area contributed by atoms with Gasteiger partial charge in [-0.05, 0) is 42.0 Å². The van der Waals surface area contributed by atoms with Gasteiger partial charge in [0.25, 0.3) is 0 Å². The van der Waals surface area contributed by atoms with Gasteiger partial charge in [-0.25, -0.2) is 0 Å². The molecule has 0 saturated carbocycles. The SMILES string of the molecule is O=C(O)CCCC=CC[C@H]1C(=O)C=C(C=Cc2ccccc2)[C@@H]1C=Cc1ccccc1. The van der Waals surface area contributed by atoms with E-state index in [0.29, 0.717) is 19.3 Å². The molecule has 3 nitrogen and oxygen atoms in total. The predicted octanol–water partition coefficient (Wildman–Crippen LogP) is 6.36. The van der Waals surface area contributed by atoms with Crippen LogP contribution in [0.25, 0.3) is 12.2 Å². The number of aliphatic carboxylic acids is 1. The van der Waals surface area contributed by atoms with Crippen LogP contribution in [0.1, 0.15) is 36.8 Å². The van der Waals surface area contributed by atoms with Gasteiger partial charge in [0, 0.05) is 18.3 Å². The minimum atomic E-state index is -0.774. The van der Waals surface area contributed by atoms with Crippen LogP contribution in [0.5, 0.6) is 0 Å². The van der Waals surface area contributed by atoms with E-state index in [2.05, 4.69) is 12.2 Å². The van der Waals surface area contributed by atoms with Gasteiger partial charge < -0.3 is 5.11 Å². The Kier molecular flexibility index (Phi) is 8.36. The number of unbranched alkanes of at least 4 members (excludes halogenated alkanes) is 1. The molecule has 1 aliphatic rings. The fourth-order valence-corrected chi connectivity index (χ4v) is 3.71. The summed E-state index contributed by atoms with van der Waals surface area (Å²) >= 11 is 0. The van der Waals surface area contributed by atoms with E-state index in [4.69, 9.17) is 5.11 Å². The summed E-state index contributed by atoms with van der Waals surface area (Å²) in [5, 5.41) is 8.74. The van der Waals surface area contributed by atoms with Crippen molar-refractivity contribution in [1.82, 2.24) is 0 Å². The van der Waals surface area contributed by atoms with Crippen molar-refractivity contribution in [3.63, 3.8) is 0 Å². The molecule has 3 heteroatoms. The lowest BCUT2D eigenvalue weighted by molar-refractivity contribution is -0.137. The second-order valence-electron chi connectivity index (χ2n) is 7.69. The summed E-state index contributed by atoms with van der Waals surface area (Å²) in [5.74, 6) is -0.752. The second-order valence-corrected chi connectivity index (χ2v) is 7.69. The smallest absolute Gasteiger partial charge is 0.303 e. The summed E-state index contributed by atoms with van der Waals surface area (Å²) < 4.78 is 0. The van der Waals surface area contributed by atoms with Crippen LogP contribution in [0.15, 0.2) is 96.6 Å². The Morgan fingerprint density at radius 3 is 2.16 bits per heavy atom. The lowest BCUT2D eigenvalue weighted by Gasteiger charge is -2.16. The number of hydrogen-bond donors (Lipinski definition) is 1. The molecule has 0 amide bonds. The van der Waals surface area contributed by atoms with E-state index in [1.54, 1.807) is 6.08 Å². The molecule has 31 heavy (non-hydrogen) atoms. The molecule has 3 rings (SSSR count). The molecule has 0 heterocycles. The molecule has 0 bridgehead atoms. The topological polar surface area (TPSA) is 54.4 Å². The van der Waals surface area contributed by atoms with Gasteiger partial charge in [0.15, 0.2) is 5.78 Å². The zero-order valence-corrected chi connectivity index (χ0v) is 17.6. The number of allylic oxidation sites excluding steroid dienone is 6. The van der Waals surface area contributed by atoms with E-state index in [1.807, 2.05) is 85.0 Å². The van der Waals surface area contributed by atoms with Gasteiger partial charge in [-0.1, -0.05) is 97.1 Å². The summed E-state index contributed by atoms with van der Waals surface area (Å²) in [6, 6.07) is 20.2. The van der Waals surface area contributed by atoms with Crippen LogP contribution in [0.2, 0.25) is 0 Å². The first-order chi connectivity index (χ1) is 15.1. The maximum absolute atomic E-state index is 12.8. The average Bonchev–Trinajstić information content (AvgIpc) is 3.08. The van der Waals surface area contributed by atoms with Crippen LogP contribution >= 0.6 is 0 Å². The van der Waals surface area contributed by atoms with Crippen molar-refractivity contribution in [1.29, 1.82) is 0 Å². The van der Waals surface area contributed by atoms with Crippen molar-refractivity contribution in [3.8, 4) is 0 Å². The minimum Gasteiger partial charge on any atom is -0.481 e. The summed E-state index contributed by atoms with van der Waals surface area (Å²) in [6.07, 6.45) is 16.2. The van der Waals surface area contributed by atoms with Crippen LogP contribution in [-0.4, -0.2) is 16.9 Å². The number of hydrogen-bond acceptors (Lipinski definition) is 2. The lowest BCUT2D eigenvalue weighted by Crippen LogP contribution is -2.14. The Balaban J connectivity index is 1.73. The van der Waals surface area contributed by atoms with E-state index in [0.717, 1.165) is 16.7 Å². The van der Waals surface area contributed by atoms with Crippen molar-refractivity contribution in [2.24, 2.45) is 11.8 Å². The summed E-state index contributed by atoms with van der Waals surface area (Å²) in [5.41, 5.74) is 3.23. The Bertz CT molecular complexity index is 981. The first kappa shape index (κ1) is 22.2. The van der Waals surface area contributed by atoms with Gasteiger partial charge in [0.05, 0.1) is 0 Å². The highest BCUT2D eigenvalue weighted by Crippen LogP contribution is 2.35. The summed E-state index contributed by atoms with van der Waals surface area (Å²) in [4.78, 5) is 23.4. The Morgan fingerprint density at radius 1 is 0.871 bits per heavy atom. The largest absolute Gasteiger partial charge is 0.481 e. The third kappa shape index (κ3) is 7.07. The molecule has 0 fully saturated rings. The van der Waals surface area contributed by atoms with E-state index < -0.39 is 5.97 Å². The average molecular weight is 413 g/mol. The Hall–Kier alpha value is -3.46. The number of carbonyl (C=O) groups excluding carboxylic acids is 1. The number of benzene rings is 2. The standard InChI is InChI=1S/C28H28O3/c29-27-21-24(19-17-22-11-5-3-6-12-22)25(20-18-23-13-7-4-8-14-23)26(27)15-9-1-2-10-16-28(30)31/h1,3-9,11-14,17-21,25-26H,2,10,15-16H2,(H,30,31)/t25-,26+/m0/s1. The van der Waals surface area contributed by atoms with Crippen LogP contribution in [0.3, 0.4) is 0 Å². The van der Waals surface area contributed by atoms with E-state index in [9.17, 15) is 9.59 Å². The number of carbonyl (C=O) groups is 2. The first-order valence-electron chi connectivity index (χ1n) is 10.7. The van der Waals surface area contributed by atoms with Gasteiger partial charge >= 0.3 is 5.97 Å². The molecule has 2 atom stereocenters. The Labute approximate surface area is 184 Å². The second kappa shape index (κ2) is 11.7. The fraction of sp³-hybridized carbons (Fsp3) is 0.214. The van der Waals surface area contributed by atoms with Gasteiger partial charge in [-0.3, -0.25) is 9.59 Å². The van der Waals surface area contributed by atoms with Gasteiger partial charge in [0.2, 0.25) is 0 Å². The third-order valence-electron chi connectivity index (χ3n) is 5.37. The molecular weight excluding hydrogens is 384 g/mol. The van der Waals surface area contributed by atoms with E-state index in [-0.39, 0.29) is 24.0 Å². The zero-order chi connectivity index (χ0) is 21.9. The molecule has 1 N–H and O–H groups in total. The fourth-order valence-electron chi connectivity index (χ4n) is 3.71. The molecule has 0 spiro atoms. The quantitative estimate of drug-likeness (QED) is 0.365. The van der Waals surface area contributed by atoms with Crippen LogP contribution in [-0.2, 0) is 9.59 Å². The number of rotatable bonds is 10. The maximum Gasteiger partial charge on any atom is 0.303 e. The maximum atomic E-state index is 12.8. The zero-order valence-electron chi connectivity index (χ0n) is 17.6. The molecule has 0 aliphatic heterocycles. The highest BCUT2D eigenvalue weighted by Gasteiger charge is 2.32. The minimum absolute atomic E-state index is 0.0105. The summed E-state index contributed by atoms with van der Waals surface area (Å²) in [7, 11) is 0. The molecule has 0 saturated heterocycles. The predicted molar refractivity (Wildman–Crippen MR) is 126 cm³/mol. The van der Waals surface area contributed by atoms with Crippen molar-refractivity contribution in [2.75, 3.05) is 0 Å². The molecule has 0 aromatic heterocycles. The van der Waals surface area contributed by atoms with Crippen LogP contribution in [0.4, 0.5) is 0 Å². The van der Waals surface area contributed by atoms with Crippen LogP contribution in [0, 0.1) is 11.8 Å². The van der Waals surface area contributed by atoms with E-state index in [1.165, 1.54) is 0 Å². The van der Waals surface area contributed by atoms with Crippen molar-refractivity contribution in [2.45, 2.75) is 25.7 Å². The highest BCUT2D eigenvalue weighted by molar-refractivity contribution is 5.97. The molecule has 1 aliphatic carbocycles. The highest BCUT2D eigenvalue weighted by atomic mass is 16.4. The monoisotopic (exact) mass is 412 g/mol. The number of carboxylic acids is 1. The van der Waals surface area contributed by atoms with Gasteiger partial charge in [0.1, 0.15) is 0 Å². The normalized spacial score (nSPS) is 19.0. The van der Waals surface area contributed by atoms with Gasteiger partial charge in [-0.15, -0.1) is 0 Å². The van der Waals surface area contributed by atoms with Crippen molar-refractivity contribution in [3.05, 3.63) is 108 Å². The van der Waals surface area contributed by atoms with E-state index >= 15 is 0 Å². The van der Waals surface area contributed by atoms with Crippen molar-refractivity contribution >= 4 is 23.9 Å². The molecular formula is C28H28O3. The Morgan fingerprint density at radius 2 is 1.52 bits per heavy atom. The molecule has 0 unspecified atom stereocenters. The molecule has 0 radical (unpaired) electrons. The molecule has 158 valence electrons. The number of carboxylic acid groups (broad SMARTS) is 1.